The molecule has 0 atom stereocenters. The summed E-state index contributed by atoms with van der Waals surface area (Å²) in [6.07, 6.45) is 3.46. The quantitative estimate of drug-likeness (QED) is 0.301. The molecule has 0 aliphatic heterocycles. The Morgan fingerprint density at radius 3 is 2.31 bits per heavy atom. The molecular formula is C27H28FN3O4S. The van der Waals surface area contributed by atoms with Gasteiger partial charge in [0.1, 0.15) is 17.3 Å². The third-order valence-corrected chi connectivity index (χ3v) is 6.17. The Labute approximate surface area is 214 Å². The first kappa shape index (κ1) is 25.5. The number of hydrogen-bond acceptors (Lipinski definition) is 6. The van der Waals surface area contributed by atoms with E-state index >= 15 is 0 Å². The van der Waals surface area contributed by atoms with Crippen molar-refractivity contribution in [2.24, 2.45) is 5.92 Å². The van der Waals surface area contributed by atoms with Crippen LogP contribution in [0.2, 0.25) is 0 Å². The standard InChI is InChI=1S/C19H18FN3O3S.C8H10O/c1-25-14-4-3-5-15(26-2)17(14)13-10-23(27-20)18-12(13)8-9-16(21-18)22-19(24)11-6-7-11;1-9-7-8-5-3-2-4-6-8/h3-5,8-11H,6-7H2,1-2H3,(H,21,22,24);2-6H,7H2,1H3. The smallest absolute Gasteiger partial charge is 0.228 e. The molecule has 0 radical (unpaired) electrons. The van der Waals surface area contributed by atoms with Gasteiger partial charge in [-0.1, -0.05) is 36.4 Å². The van der Waals surface area contributed by atoms with Gasteiger partial charge in [0.05, 0.1) is 26.4 Å². The molecule has 4 aromatic rings. The minimum absolute atomic E-state index is 0.0421. The summed E-state index contributed by atoms with van der Waals surface area (Å²) in [5.74, 6) is 1.66. The predicted octanol–water partition coefficient (Wildman–Crippen LogP) is 6.28. The molecule has 2 aromatic heterocycles. The number of benzene rings is 2. The van der Waals surface area contributed by atoms with Crippen molar-refractivity contribution in [3.8, 4) is 22.6 Å². The van der Waals surface area contributed by atoms with Crippen LogP contribution in [0.3, 0.4) is 0 Å². The van der Waals surface area contributed by atoms with Crippen LogP contribution < -0.4 is 14.8 Å². The Morgan fingerprint density at radius 1 is 1.03 bits per heavy atom. The van der Waals surface area contributed by atoms with E-state index in [2.05, 4.69) is 10.3 Å². The average molecular weight is 510 g/mol. The highest BCUT2D eigenvalue weighted by Crippen LogP contribution is 2.43. The number of halogens is 1. The highest BCUT2D eigenvalue weighted by atomic mass is 32.2. The Bertz CT molecular complexity index is 1300. The normalized spacial score (nSPS) is 12.6. The maximum absolute atomic E-state index is 13.6. The van der Waals surface area contributed by atoms with Gasteiger partial charge in [0, 0.05) is 30.2 Å². The molecule has 1 fully saturated rings. The zero-order valence-corrected chi connectivity index (χ0v) is 21.2. The summed E-state index contributed by atoms with van der Waals surface area (Å²) >= 11 is 0.0468. The van der Waals surface area contributed by atoms with Crippen molar-refractivity contribution in [3.63, 3.8) is 0 Å². The molecule has 1 amide bonds. The molecule has 1 saturated carbocycles. The fourth-order valence-corrected chi connectivity index (χ4v) is 4.18. The molecule has 36 heavy (non-hydrogen) atoms. The molecule has 9 heteroatoms. The number of nitrogens with zero attached hydrogens (tertiary/aromatic N) is 2. The first-order valence-electron chi connectivity index (χ1n) is 11.5. The van der Waals surface area contributed by atoms with Gasteiger partial charge in [-0.25, -0.2) is 8.96 Å². The molecule has 1 aliphatic rings. The van der Waals surface area contributed by atoms with Crippen molar-refractivity contribution >= 4 is 35.1 Å². The molecule has 0 spiro atoms. The van der Waals surface area contributed by atoms with Crippen LogP contribution >= 0.6 is 12.3 Å². The summed E-state index contributed by atoms with van der Waals surface area (Å²) in [5, 5.41) is 3.53. The highest BCUT2D eigenvalue weighted by molar-refractivity contribution is 7.92. The summed E-state index contributed by atoms with van der Waals surface area (Å²) < 4.78 is 30.8. The summed E-state index contributed by atoms with van der Waals surface area (Å²) in [6, 6.07) is 19.1. The van der Waals surface area contributed by atoms with Crippen LogP contribution in [0.15, 0.2) is 66.9 Å². The minimum atomic E-state index is -0.0421. The summed E-state index contributed by atoms with van der Waals surface area (Å²) in [4.78, 5) is 16.4. The molecule has 1 aliphatic carbocycles. The topological polar surface area (TPSA) is 74.6 Å². The lowest BCUT2D eigenvalue weighted by atomic mass is 10.0. The molecule has 0 bridgehead atoms. The fourth-order valence-electron chi connectivity index (χ4n) is 3.83. The lowest BCUT2D eigenvalue weighted by Crippen LogP contribution is -2.14. The van der Waals surface area contributed by atoms with E-state index in [0.717, 1.165) is 29.4 Å². The molecule has 1 N–H and O–H groups in total. The fraction of sp³-hybridized carbons (Fsp3) is 0.259. The van der Waals surface area contributed by atoms with Crippen LogP contribution in [0.5, 0.6) is 11.5 Å². The number of hydrogen-bond donors (Lipinski definition) is 1. The molecule has 0 saturated heterocycles. The van der Waals surface area contributed by atoms with E-state index in [1.807, 2.05) is 54.6 Å². The van der Waals surface area contributed by atoms with Gasteiger partial charge in [-0.3, -0.25) is 4.79 Å². The molecule has 7 nitrogen and oxygen atoms in total. The van der Waals surface area contributed by atoms with Gasteiger partial charge in [0.2, 0.25) is 5.91 Å². The zero-order valence-electron chi connectivity index (χ0n) is 20.4. The Kier molecular flexibility index (Phi) is 8.45. The largest absolute Gasteiger partial charge is 0.496 e. The minimum Gasteiger partial charge on any atom is -0.496 e. The van der Waals surface area contributed by atoms with Gasteiger partial charge in [0.25, 0.3) is 0 Å². The number of anilines is 1. The van der Waals surface area contributed by atoms with Crippen molar-refractivity contribution in [2.45, 2.75) is 19.4 Å². The molecular weight excluding hydrogens is 481 g/mol. The monoisotopic (exact) mass is 509 g/mol. The maximum Gasteiger partial charge on any atom is 0.228 e. The summed E-state index contributed by atoms with van der Waals surface area (Å²) in [7, 11) is 4.85. The lowest BCUT2D eigenvalue weighted by molar-refractivity contribution is -0.117. The van der Waals surface area contributed by atoms with Crippen molar-refractivity contribution < 1.29 is 22.9 Å². The number of rotatable bonds is 8. The van der Waals surface area contributed by atoms with Gasteiger partial charge in [-0.2, -0.15) is 0 Å². The van der Waals surface area contributed by atoms with Crippen LogP contribution in [0, 0.1) is 5.92 Å². The Morgan fingerprint density at radius 2 is 1.72 bits per heavy atom. The van der Waals surface area contributed by atoms with E-state index in [4.69, 9.17) is 14.2 Å². The third kappa shape index (κ3) is 5.80. The molecule has 188 valence electrons. The van der Waals surface area contributed by atoms with E-state index in [-0.39, 0.29) is 24.2 Å². The van der Waals surface area contributed by atoms with Crippen LogP contribution in [0.1, 0.15) is 18.4 Å². The van der Waals surface area contributed by atoms with E-state index in [1.165, 1.54) is 9.54 Å². The maximum atomic E-state index is 13.6. The molecule has 0 unspecified atom stereocenters. The molecule has 5 rings (SSSR count). The number of pyridine rings is 1. The molecule has 2 heterocycles. The number of ether oxygens (including phenoxy) is 3. The number of amides is 1. The SMILES string of the molecule is COCc1ccccc1.COc1cccc(OC)c1-c1cn(SF)c2nc(NC(=O)C3CC3)ccc12. The van der Waals surface area contributed by atoms with E-state index in [1.54, 1.807) is 33.6 Å². The number of methoxy groups -OCH3 is 3. The van der Waals surface area contributed by atoms with Gasteiger partial charge in [-0.15, -0.1) is 3.89 Å². The first-order valence-corrected chi connectivity index (χ1v) is 12.1. The predicted molar refractivity (Wildman–Crippen MR) is 141 cm³/mol. The Balaban J connectivity index is 0.000000286. The van der Waals surface area contributed by atoms with E-state index in [0.29, 0.717) is 29.6 Å². The van der Waals surface area contributed by atoms with Crippen LogP contribution in [0.4, 0.5) is 9.70 Å². The lowest BCUT2D eigenvalue weighted by Gasteiger charge is -2.12. The first-order chi connectivity index (χ1) is 17.6. The number of carbonyl (C=O) groups is 1. The molecule has 2 aromatic carbocycles. The summed E-state index contributed by atoms with van der Waals surface area (Å²) in [6.45, 7) is 0.709. The van der Waals surface area contributed by atoms with Crippen molar-refractivity contribution in [2.75, 3.05) is 26.6 Å². The van der Waals surface area contributed by atoms with Gasteiger partial charge in [0.15, 0.2) is 18.0 Å². The van der Waals surface area contributed by atoms with E-state index < -0.39 is 0 Å². The van der Waals surface area contributed by atoms with Crippen LogP contribution in [-0.2, 0) is 16.1 Å². The van der Waals surface area contributed by atoms with Crippen molar-refractivity contribution in [1.82, 2.24) is 8.96 Å². The zero-order chi connectivity index (χ0) is 25.5. The number of fused-ring (bicyclic) bond motifs is 1. The summed E-state index contributed by atoms with van der Waals surface area (Å²) in [5.41, 5.74) is 3.09. The van der Waals surface area contributed by atoms with Gasteiger partial charge in [-0.05, 0) is 42.7 Å². The van der Waals surface area contributed by atoms with Crippen LogP contribution in [0.25, 0.3) is 22.2 Å². The second-order valence-corrected chi connectivity index (χ2v) is 8.76. The number of carbonyl (C=O) groups excluding carboxylic acids is 1. The van der Waals surface area contributed by atoms with Crippen molar-refractivity contribution in [1.29, 1.82) is 0 Å². The Hall–Kier alpha value is -3.56. The van der Waals surface area contributed by atoms with Gasteiger partial charge >= 0.3 is 0 Å². The van der Waals surface area contributed by atoms with Crippen LogP contribution in [-0.4, -0.2) is 36.2 Å². The third-order valence-electron chi connectivity index (χ3n) is 5.75. The average Bonchev–Trinajstić information content (AvgIpc) is 3.71. The highest BCUT2D eigenvalue weighted by Gasteiger charge is 2.30. The number of nitrogens with one attached hydrogen (secondary N) is 1. The van der Waals surface area contributed by atoms with E-state index in [9.17, 15) is 8.68 Å². The second kappa shape index (κ2) is 11.9. The number of aromatic nitrogens is 2. The second-order valence-electron chi connectivity index (χ2n) is 8.22. The van der Waals surface area contributed by atoms with Crippen molar-refractivity contribution in [3.05, 3.63) is 72.4 Å². The van der Waals surface area contributed by atoms with Gasteiger partial charge < -0.3 is 19.5 Å².